The molecule has 17 nitrogen and oxygen atoms in total. The Morgan fingerprint density at radius 1 is 0.633 bits per heavy atom. The fourth-order valence-electron chi connectivity index (χ4n) is 5.41. The van der Waals surface area contributed by atoms with Gasteiger partial charge in [0.15, 0.2) is 0 Å². The van der Waals surface area contributed by atoms with Crippen molar-refractivity contribution in [1.29, 1.82) is 0 Å². The molecule has 17 heteroatoms. The second-order valence-corrected chi connectivity index (χ2v) is 13.9. The Labute approximate surface area is 287 Å². The van der Waals surface area contributed by atoms with Crippen molar-refractivity contribution in [1.82, 2.24) is 31.5 Å². The number of aliphatic hydroxyl groups is 2. The van der Waals surface area contributed by atoms with Crippen LogP contribution < -0.4 is 32.3 Å². The van der Waals surface area contributed by atoms with Crippen LogP contribution in [0.3, 0.4) is 0 Å². The Morgan fingerprint density at radius 2 is 1.00 bits per heavy atom. The van der Waals surface area contributed by atoms with Crippen molar-refractivity contribution in [3.8, 4) is 0 Å². The van der Waals surface area contributed by atoms with E-state index in [9.17, 15) is 48.9 Å². The largest absolute Gasteiger partial charge is 0.480 e. The number of aliphatic carboxylic acids is 1. The first-order valence-electron chi connectivity index (χ1n) is 16.8. The maximum atomic E-state index is 13.4. The minimum atomic E-state index is -1.53. The van der Waals surface area contributed by atoms with Gasteiger partial charge < -0.3 is 52.5 Å². The van der Waals surface area contributed by atoms with Gasteiger partial charge in [-0.05, 0) is 56.8 Å². The topological polar surface area (TPSA) is 270 Å². The van der Waals surface area contributed by atoms with E-state index in [4.69, 9.17) is 5.73 Å². The van der Waals surface area contributed by atoms with Gasteiger partial charge in [0.1, 0.15) is 36.3 Å². The lowest BCUT2D eigenvalue weighted by molar-refractivity contribution is -0.143. The molecule has 1 rings (SSSR count). The molecule has 0 spiro atoms. The second-order valence-electron chi connectivity index (χ2n) is 13.9. The van der Waals surface area contributed by atoms with Gasteiger partial charge in [-0.2, -0.15) is 0 Å². The van der Waals surface area contributed by atoms with Crippen molar-refractivity contribution in [2.75, 3.05) is 19.8 Å². The van der Waals surface area contributed by atoms with Crippen molar-refractivity contribution in [2.24, 2.45) is 23.5 Å². The van der Waals surface area contributed by atoms with E-state index in [1.807, 2.05) is 13.8 Å². The lowest BCUT2D eigenvalue weighted by atomic mass is 10.0. The first kappa shape index (κ1) is 43.2. The molecule has 10 N–H and O–H groups in total. The quantitative estimate of drug-likeness (QED) is 0.0668. The Morgan fingerprint density at radius 3 is 1.39 bits per heavy atom. The molecule has 1 aliphatic rings. The zero-order valence-corrected chi connectivity index (χ0v) is 29.7. The van der Waals surface area contributed by atoms with Crippen LogP contribution >= 0.6 is 0 Å². The SMILES string of the molecule is CC(C)C[C@H](NC(=O)[C@H](CO)NC(=O)[C@H](CC(C)C)NC(=O)[C@H](CO)NC(=O)[C@H](CC(C)C)NC(=O)[C@@H]1CCCN1C(=O)[C@H](C)N)C(=O)O. The van der Waals surface area contributed by atoms with Gasteiger partial charge in [0, 0.05) is 6.54 Å². The number of hydrogen-bond acceptors (Lipinski definition) is 10. The third-order valence-electron chi connectivity index (χ3n) is 7.86. The van der Waals surface area contributed by atoms with Crippen LogP contribution in [-0.4, -0.2) is 124 Å². The van der Waals surface area contributed by atoms with E-state index in [0.29, 0.717) is 19.4 Å². The molecule has 1 fully saturated rings. The maximum absolute atomic E-state index is 13.4. The fourth-order valence-corrected chi connectivity index (χ4v) is 5.41. The van der Waals surface area contributed by atoms with E-state index in [2.05, 4.69) is 26.6 Å². The molecule has 0 aromatic rings. The van der Waals surface area contributed by atoms with Gasteiger partial charge >= 0.3 is 5.97 Å². The summed E-state index contributed by atoms with van der Waals surface area (Å²) >= 11 is 0. The summed E-state index contributed by atoms with van der Waals surface area (Å²) in [7, 11) is 0. The highest BCUT2D eigenvalue weighted by Gasteiger charge is 2.38. The third kappa shape index (κ3) is 14.3. The third-order valence-corrected chi connectivity index (χ3v) is 7.86. The molecule has 1 saturated heterocycles. The zero-order chi connectivity index (χ0) is 37.6. The number of carbonyl (C=O) groups excluding carboxylic acids is 6. The Kier molecular flexibility index (Phi) is 18.2. The van der Waals surface area contributed by atoms with Crippen LogP contribution in [0.4, 0.5) is 0 Å². The van der Waals surface area contributed by atoms with Crippen LogP contribution in [-0.2, 0) is 33.6 Å². The van der Waals surface area contributed by atoms with Gasteiger partial charge in [0.2, 0.25) is 35.4 Å². The van der Waals surface area contributed by atoms with Gasteiger partial charge in [-0.1, -0.05) is 41.5 Å². The summed E-state index contributed by atoms with van der Waals surface area (Å²) in [4.78, 5) is 91.4. The van der Waals surface area contributed by atoms with Crippen LogP contribution in [0, 0.1) is 17.8 Å². The van der Waals surface area contributed by atoms with Crippen molar-refractivity contribution < 1.29 is 48.9 Å². The number of carboxylic acids is 1. The van der Waals surface area contributed by atoms with Crippen LogP contribution in [0.2, 0.25) is 0 Å². The highest BCUT2D eigenvalue weighted by Crippen LogP contribution is 2.19. The van der Waals surface area contributed by atoms with Crippen LogP contribution in [0.25, 0.3) is 0 Å². The van der Waals surface area contributed by atoms with Gasteiger partial charge in [-0.3, -0.25) is 28.8 Å². The average molecular weight is 700 g/mol. The average Bonchev–Trinajstić information content (AvgIpc) is 3.50. The number of hydrogen-bond donors (Lipinski definition) is 9. The van der Waals surface area contributed by atoms with Gasteiger partial charge in [-0.15, -0.1) is 0 Å². The van der Waals surface area contributed by atoms with Crippen molar-refractivity contribution in [2.45, 2.75) is 123 Å². The van der Waals surface area contributed by atoms with E-state index in [0.717, 1.165) is 0 Å². The number of nitrogens with one attached hydrogen (secondary N) is 5. The van der Waals surface area contributed by atoms with Crippen LogP contribution in [0.1, 0.15) is 80.6 Å². The fraction of sp³-hybridized carbons (Fsp3) is 0.781. The summed E-state index contributed by atoms with van der Waals surface area (Å²) in [6.07, 6.45) is 1.33. The zero-order valence-electron chi connectivity index (χ0n) is 29.7. The molecular weight excluding hydrogens is 642 g/mol. The Hall–Kier alpha value is -3.83. The monoisotopic (exact) mass is 699 g/mol. The summed E-state index contributed by atoms with van der Waals surface area (Å²) in [5, 5.41) is 41.5. The summed E-state index contributed by atoms with van der Waals surface area (Å²) in [6, 6.07) is -8.33. The van der Waals surface area contributed by atoms with Gasteiger partial charge in [-0.25, -0.2) is 4.79 Å². The molecular formula is C32H57N7O10. The number of carbonyl (C=O) groups is 7. The first-order valence-corrected chi connectivity index (χ1v) is 16.8. The van der Waals surface area contributed by atoms with Crippen LogP contribution in [0.15, 0.2) is 0 Å². The van der Waals surface area contributed by atoms with Crippen LogP contribution in [0.5, 0.6) is 0 Å². The Bertz CT molecular complexity index is 1160. The summed E-state index contributed by atoms with van der Waals surface area (Å²) in [5.41, 5.74) is 5.73. The molecule has 0 unspecified atom stereocenters. The molecule has 280 valence electrons. The smallest absolute Gasteiger partial charge is 0.326 e. The molecule has 0 saturated carbocycles. The normalized spacial score (nSPS) is 18.2. The maximum Gasteiger partial charge on any atom is 0.326 e. The Balaban J connectivity index is 3.06. The van der Waals surface area contributed by atoms with Crippen molar-refractivity contribution in [3.63, 3.8) is 0 Å². The molecule has 7 atom stereocenters. The van der Waals surface area contributed by atoms with Crippen molar-refractivity contribution >= 4 is 41.4 Å². The summed E-state index contributed by atoms with van der Waals surface area (Å²) in [6.45, 7) is 10.9. The van der Waals surface area contributed by atoms with E-state index in [1.54, 1.807) is 27.7 Å². The minimum Gasteiger partial charge on any atom is -0.480 e. The lowest BCUT2D eigenvalue weighted by Crippen LogP contribution is -2.61. The molecule has 0 aromatic carbocycles. The summed E-state index contributed by atoms with van der Waals surface area (Å²) < 4.78 is 0. The van der Waals surface area contributed by atoms with Gasteiger partial charge in [0.25, 0.3) is 0 Å². The molecule has 0 radical (unpaired) electrons. The summed E-state index contributed by atoms with van der Waals surface area (Å²) in [5.74, 6) is -6.00. The van der Waals surface area contributed by atoms with E-state index >= 15 is 0 Å². The van der Waals surface area contributed by atoms with Crippen molar-refractivity contribution in [3.05, 3.63) is 0 Å². The van der Waals surface area contributed by atoms with Gasteiger partial charge in [0.05, 0.1) is 19.3 Å². The lowest BCUT2D eigenvalue weighted by Gasteiger charge is -2.29. The predicted octanol–water partition coefficient (Wildman–Crippen LogP) is -2.04. The van der Waals surface area contributed by atoms with E-state index < -0.39 is 91.0 Å². The molecule has 0 aliphatic carbocycles. The molecule has 1 aliphatic heterocycles. The molecule has 0 bridgehead atoms. The highest BCUT2D eigenvalue weighted by atomic mass is 16.4. The first-order chi connectivity index (χ1) is 22.8. The number of amides is 6. The molecule has 0 aromatic heterocycles. The van der Waals surface area contributed by atoms with E-state index in [1.165, 1.54) is 11.8 Å². The molecule has 49 heavy (non-hydrogen) atoms. The standard InChI is InChI=1S/C32H57N7O10/c1-16(2)11-20(26(42)38-24(15-41)29(45)36-22(32(48)49)13-18(5)6)34-28(44)23(14-40)37-27(43)21(12-17(3)4)35-30(46)25-9-8-10-39(25)31(47)19(7)33/h16-25,40-41H,8-15,33H2,1-7H3,(H,34,44)(H,35,46)(H,36,45)(H,37,43)(H,38,42)(H,48,49)/t19-,20-,21-,22-,23-,24-,25-/m0/s1. The predicted molar refractivity (Wildman–Crippen MR) is 178 cm³/mol. The number of rotatable bonds is 20. The highest BCUT2D eigenvalue weighted by molar-refractivity contribution is 5.97. The van der Waals surface area contributed by atoms with E-state index in [-0.39, 0.29) is 42.9 Å². The molecule has 1 heterocycles. The number of aliphatic hydroxyl groups excluding tert-OH is 2. The number of nitrogens with zero attached hydrogens (tertiary/aromatic N) is 1. The minimum absolute atomic E-state index is 0.0680. The number of carboxylic acid groups (broad SMARTS) is 1. The molecule has 6 amide bonds. The second kappa shape index (κ2) is 20.6. The number of likely N-dealkylation sites (tertiary alicyclic amines) is 1. The number of nitrogens with two attached hydrogens (primary N) is 1.